The van der Waals surface area contributed by atoms with E-state index in [1.807, 2.05) is 30.3 Å². The van der Waals surface area contributed by atoms with Crippen molar-refractivity contribution in [3.05, 3.63) is 89.5 Å². The van der Waals surface area contributed by atoms with Gasteiger partial charge in [0.1, 0.15) is 18.0 Å². The first-order chi connectivity index (χ1) is 19.7. The molecule has 0 saturated carbocycles. The number of amides is 3. The van der Waals surface area contributed by atoms with Crippen LogP contribution in [0.5, 0.6) is 5.75 Å². The molecule has 0 unspecified atom stereocenters. The predicted octanol–water partition coefficient (Wildman–Crippen LogP) is 5.09. The summed E-state index contributed by atoms with van der Waals surface area (Å²) in [6.07, 6.45) is -4.62. The number of carbonyl (C=O) groups is 2. The van der Waals surface area contributed by atoms with Crippen molar-refractivity contribution in [2.24, 2.45) is 0 Å². The fourth-order valence-electron chi connectivity index (χ4n) is 5.27. The van der Waals surface area contributed by atoms with Crippen molar-refractivity contribution in [3.63, 3.8) is 0 Å². The normalized spacial score (nSPS) is 21.3. The van der Waals surface area contributed by atoms with Crippen molar-refractivity contribution in [1.82, 2.24) is 5.32 Å². The maximum absolute atomic E-state index is 12.8. The van der Waals surface area contributed by atoms with Gasteiger partial charge in [-0.25, -0.2) is 4.79 Å². The Labute approximate surface area is 234 Å². The predicted molar refractivity (Wildman–Crippen MR) is 146 cm³/mol. The molecule has 2 aliphatic heterocycles. The lowest BCUT2D eigenvalue weighted by Crippen LogP contribution is -2.47. The maximum Gasteiger partial charge on any atom is 0.416 e. The van der Waals surface area contributed by atoms with Crippen LogP contribution < -0.4 is 20.7 Å². The summed E-state index contributed by atoms with van der Waals surface area (Å²) in [4.78, 5) is 25.2. The Balaban J connectivity index is 1.19. The molecule has 0 bridgehead atoms. The SMILES string of the molecule is O=C(C[C@H]1C[C@@H]2c3cc(NC(=O)Nc4ccc(C(F)(F)F)cc4)ccc3O[C@@H]2[C@@H](CO)O1)NCCc1ccccc1. The zero-order chi connectivity index (χ0) is 29.0. The van der Waals surface area contributed by atoms with Gasteiger partial charge in [-0.05, 0) is 60.9 Å². The number of anilines is 2. The summed E-state index contributed by atoms with van der Waals surface area (Å²) in [5.41, 5.74) is 1.80. The lowest BCUT2D eigenvalue weighted by atomic mass is 9.84. The van der Waals surface area contributed by atoms with E-state index in [0.717, 1.165) is 23.3 Å². The quantitative estimate of drug-likeness (QED) is 0.302. The summed E-state index contributed by atoms with van der Waals surface area (Å²) in [5, 5.41) is 18.1. The number of fused-ring (bicyclic) bond motifs is 3. The van der Waals surface area contributed by atoms with E-state index in [1.54, 1.807) is 18.2 Å². The maximum atomic E-state index is 12.8. The highest BCUT2D eigenvalue weighted by molar-refractivity contribution is 5.99. The zero-order valence-corrected chi connectivity index (χ0v) is 22.0. The smallest absolute Gasteiger partial charge is 0.416 e. The molecule has 5 rings (SSSR count). The minimum Gasteiger partial charge on any atom is -0.487 e. The summed E-state index contributed by atoms with van der Waals surface area (Å²) in [6, 6.07) is 18.5. The van der Waals surface area contributed by atoms with Crippen molar-refractivity contribution < 1.29 is 37.3 Å². The second-order valence-electron chi connectivity index (χ2n) is 10.1. The molecule has 4 atom stereocenters. The van der Waals surface area contributed by atoms with Gasteiger partial charge in [0.15, 0.2) is 0 Å². The third-order valence-corrected chi connectivity index (χ3v) is 7.22. The summed E-state index contributed by atoms with van der Waals surface area (Å²) in [6.45, 7) is 0.225. The van der Waals surface area contributed by atoms with Gasteiger partial charge in [0.05, 0.1) is 24.7 Å². The van der Waals surface area contributed by atoms with E-state index in [9.17, 15) is 27.9 Å². The van der Waals surface area contributed by atoms with E-state index >= 15 is 0 Å². The highest BCUT2D eigenvalue weighted by Gasteiger charge is 2.46. The first-order valence-electron chi connectivity index (χ1n) is 13.3. The van der Waals surface area contributed by atoms with Gasteiger partial charge in [-0.1, -0.05) is 30.3 Å². The summed E-state index contributed by atoms with van der Waals surface area (Å²) >= 11 is 0. The van der Waals surface area contributed by atoms with Crippen LogP contribution in [0.4, 0.5) is 29.3 Å². The molecule has 2 aliphatic rings. The van der Waals surface area contributed by atoms with Gasteiger partial charge >= 0.3 is 12.2 Å². The summed E-state index contributed by atoms with van der Waals surface area (Å²) in [7, 11) is 0. The van der Waals surface area contributed by atoms with Crippen molar-refractivity contribution in [3.8, 4) is 5.75 Å². The van der Waals surface area contributed by atoms with Crippen LogP contribution in [-0.2, 0) is 22.1 Å². The van der Waals surface area contributed by atoms with Crippen LogP contribution in [-0.4, -0.2) is 48.5 Å². The lowest BCUT2D eigenvalue weighted by Gasteiger charge is -2.37. The summed E-state index contributed by atoms with van der Waals surface area (Å²) in [5.74, 6) is 0.289. The molecule has 216 valence electrons. The first kappa shape index (κ1) is 28.4. The molecule has 3 aromatic rings. The molecule has 41 heavy (non-hydrogen) atoms. The first-order valence-corrected chi connectivity index (χ1v) is 13.3. The van der Waals surface area contributed by atoms with E-state index < -0.39 is 36.1 Å². The largest absolute Gasteiger partial charge is 0.487 e. The van der Waals surface area contributed by atoms with Crippen LogP contribution >= 0.6 is 0 Å². The number of halogens is 3. The van der Waals surface area contributed by atoms with Crippen LogP contribution in [0.2, 0.25) is 0 Å². The van der Waals surface area contributed by atoms with E-state index in [0.29, 0.717) is 30.8 Å². The third kappa shape index (κ3) is 6.98. The van der Waals surface area contributed by atoms with Gasteiger partial charge < -0.3 is 30.5 Å². The molecule has 0 radical (unpaired) electrons. The molecule has 1 saturated heterocycles. The number of hydrogen-bond acceptors (Lipinski definition) is 5. The molecule has 3 amide bonds. The Hall–Kier alpha value is -4.09. The number of urea groups is 1. The molecule has 4 N–H and O–H groups in total. The number of nitrogens with one attached hydrogen (secondary N) is 3. The number of carbonyl (C=O) groups excluding carboxylic acids is 2. The number of rotatable bonds is 8. The van der Waals surface area contributed by atoms with Gasteiger partial charge in [0.2, 0.25) is 5.91 Å². The van der Waals surface area contributed by atoms with Gasteiger partial charge in [-0.2, -0.15) is 13.2 Å². The zero-order valence-electron chi connectivity index (χ0n) is 22.0. The second kappa shape index (κ2) is 12.2. The Bertz CT molecular complexity index is 1370. The van der Waals surface area contributed by atoms with E-state index in [-0.39, 0.29) is 30.5 Å². The number of alkyl halides is 3. The highest BCUT2D eigenvalue weighted by Crippen LogP contribution is 2.47. The average Bonchev–Trinajstić information content (AvgIpc) is 3.31. The number of hydrogen-bond donors (Lipinski definition) is 4. The molecule has 0 aromatic heterocycles. The van der Waals surface area contributed by atoms with E-state index in [2.05, 4.69) is 16.0 Å². The number of benzene rings is 3. The number of ether oxygens (including phenoxy) is 2. The van der Waals surface area contributed by atoms with Gasteiger partial charge in [-0.15, -0.1) is 0 Å². The molecule has 0 aliphatic carbocycles. The van der Waals surface area contributed by atoms with Gasteiger partial charge in [-0.3, -0.25) is 4.79 Å². The minimum absolute atomic E-state index is 0.136. The molecular formula is C30H30F3N3O5. The lowest BCUT2D eigenvalue weighted by molar-refractivity contribution is -0.142. The topological polar surface area (TPSA) is 109 Å². The minimum atomic E-state index is -4.46. The van der Waals surface area contributed by atoms with E-state index in [4.69, 9.17) is 9.47 Å². The Morgan fingerprint density at radius 2 is 1.66 bits per heavy atom. The van der Waals surface area contributed by atoms with Crippen LogP contribution in [0.25, 0.3) is 0 Å². The molecule has 11 heteroatoms. The average molecular weight is 570 g/mol. The van der Waals surface area contributed by atoms with Crippen LogP contribution in [0.3, 0.4) is 0 Å². The Morgan fingerprint density at radius 3 is 2.37 bits per heavy atom. The van der Waals surface area contributed by atoms with Crippen LogP contribution in [0, 0.1) is 0 Å². The van der Waals surface area contributed by atoms with Gasteiger partial charge in [0.25, 0.3) is 0 Å². The highest BCUT2D eigenvalue weighted by atomic mass is 19.4. The number of aliphatic hydroxyl groups is 1. The van der Waals surface area contributed by atoms with Crippen LogP contribution in [0.1, 0.15) is 35.4 Å². The third-order valence-electron chi connectivity index (χ3n) is 7.22. The molecule has 2 heterocycles. The molecule has 1 fully saturated rings. The fourth-order valence-corrected chi connectivity index (χ4v) is 5.27. The van der Waals surface area contributed by atoms with Crippen molar-refractivity contribution in [2.45, 2.75) is 49.7 Å². The molecule has 8 nitrogen and oxygen atoms in total. The second-order valence-corrected chi connectivity index (χ2v) is 10.1. The van der Waals surface area contributed by atoms with Crippen molar-refractivity contribution in [1.29, 1.82) is 0 Å². The van der Waals surface area contributed by atoms with Crippen LogP contribution in [0.15, 0.2) is 72.8 Å². The monoisotopic (exact) mass is 569 g/mol. The van der Waals surface area contributed by atoms with Gasteiger partial charge in [0, 0.05) is 29.4 Å². The molecule has 0 spiro atoms. The standard InChI is InChI=1S/C30H30F3N3O5/c31-30(32,33)19-6-8-20(9-7-19)35-29(39)36-21-10-11-25-23(14-21)24-15-22(40-26(17-37)28(24)41-25)16-27(38)34-13-12-18-4-2-1-3-5-18/h1-11,14,22,24,26,28,37H,12-13,15-17H2,(H,34,38)(H2,35,36,39)/t22-,24-,26-,28+/m1/s1. The van der Waals surface area contributed by atoms with Crippen molar-refractivity contribution in [2.75, 3.05) is 23.8 Å². The summed E-state index contributed by atoms with van der Waals surface area (Å²) < 4.78 is 50.5. The van der Waals surface area contributed by atoms with Crippen molar-refractivity contribution >= 4 is 23.3 Å². The Kier molecular flexibility index (Phi) is 8.46. The molecule has 3 aromatic carbocycles. The van der Waals surface area contributed by atoms with E-state index in [1.165, 1.54) is 12.1 Å². The Morgan fingerprint density at radius 1 is 0.951 bits per heavy atom. The molecular weight excluding hydrogens is 539 g/mol. The fraction of sp³-hybridized carbons (Fsp3) is 0.333. The number of aliphatic hydroxyl groups excluding tert-OH is 1.